The zero-order valence-corrected chi connectivity index (χ0v) is 12.0. The number of hydrogen-bond donors (Lipinski definition) is 0. The van der Waals surface area contributed by atoms with Gasteiger partial charge in [-0.05, 0) is 32.1 Å². The molecule has 0 bridgehead atoms. The predicted octanol–water partition coefficient (Wildman–Crippen LogP) is 3.02. The molecule has 0 aliphatic heterocycles. The molecule has 0 amide bonds. The second kappa shape index (κ2) is 6.72. The summed E-state index contributed by atoms with van der Waals surface area (Å²) in [6.07, 6.45) is 4.93. The minimum atomic E-state index is -0.137. The van der Waals surface area contributed by atoms with Gasteiger partial charge in [-0.3, -0.25) is 0 Å². The first kappa shape index (κ1) is 14.9. The minimum Gasteiger partial charge on any atom is -0.381 e. The van der Waals surface area contributed by atoms with Crippen LogP contribution in [0.3, 0.4) is 0 Å². The fourth-order valence-corrected chi connectivity index (χ4v) is 2.32. The van der Waals surface area contributed by atoms with Crippen LogP contribution < -0.4 is 0 Å². The van der Waals surface area contributed by atoms with Crippen molar-refractivity contribution in [3.63, 3.8) is 0 Å². The summed E-state index contributed by atoms with van der Waals surface area (Å²) in [6.45, 7) is 7.18. The highest BCUT2D eigenvalue weighted by molar-refractivity contribution is 4.88. The third-order valence-corrected chi connectivity index (χ3v) is 4.07. The maximum atomic E-state index is 5.95. The van der Waals surface area contributed by atoms with Crippen LogP contribution >= 0.6 is 0 Å². The topological polar surface area (TPSA) is 27.7 Å². The van der Waals surface area contributed by atoms with Crippen molar-refractivity contribution in [2.24, 2.45) is 5.92 Å². The number of hydrogen-bond acceptors (Lipinski definition) is 3. The fraction of sp³-hybridized carbons (Fsp3) is 1.00. The molecule has 3 nitrogen and oxygen atoms in total. The highest BCUT2D eigenvalue weighted by atomic mass is 16.5. The average Bonchev–Trinajstić information content (AvgIpc) is 2.36. The summed E-state index contributed by atoms with van der Waals surface area (Å²) >= 11 is 0. The highest BCUT2D eigenvalue weighted by Crippen LogP contribution is 2.33. The molecular weight excluding hydrogens is 216 g/mol. The van der Waals surface area contributed by atoms with Gasteiger partial charge in [0.05, 0.1) is 24.4 Å². The second-order valence-corrected chi connectivity index (χ2v) is 5.60. The molecule has 17 heavy (non-hydrogen) atoms. The molecule has 1 aliphatic rings. The maximum Gasteiger partial charge on any atom is 0.0935 e. The summed E-state index contributed by atoms with van der Waals surface area (Å²) in [5.41, 5.74) is -0.137. The molecule has 1 rings (SSSR count). The quantitative estimate of drug-likeness (QED) is 0.719. The molecule has 3 atom stereocenters. The van der Waals surface area contributed by atoms with Gasteiger partial charge in [-0.15, -0.1) is 0 Å². The van der Waals surface area contributed by atoms with E-state index in [9.17, 15) is 0 Å². The number of methoxy groups -OCH3 is 2. The van der Waals surface area contributed by atoms with Gasteiger partial charge in [-0.2, -0.15) is 0 Å². The Hall–Kier alpha value is -0.120. The minimum absolute atomic E-state index is 0.137. The Morgan fingerprint density at radius 1 is 1.24 bits per heavy atom. The van der Waals surface area contributed by atoms with Gasteiger partial charge in [-0.1, -0.05) is 13.8 Å². The number of rotatable bonds is 6. The van der Waals surface area contributed by atoms with Gasteiger partial charge in [0.2, 0.25) is 0 Å². The van der Waals surface area contributed by atoms with Crippen molar-refractivity contribution in [3.05, 3.63) is 0 Å². The Balaban J connectivity index is 2.50. The van der Waals surface area contributed by atoms with Crippen molar-refractivity contribution in [3.8, 4) is 0 Å². The Kier molecular flexibility index (Phi) is 5.90. The van der Waals surface area contributed by atoms with E-state index in [1.165, 1.54) is 0 Å². The Bertz CT molecular complexity index is 218. The normalized spacial score (nSPS) is 31.8. The van der Waals surface area contributed by atoms with Crippen LogP contribution in [-0.2, 0) is 14.2 Å². The van der Waals surface area contributed by atoms with Crippen LogP contribution in [0.1, 0.15) is 46.5 Å². The van der Waals surface area contributed by atoms with Crippen LogP contribution in [0.2, 0.25) is 0 Å². The molecule has 0 aromatic rings. The van der Waals surface area contributed by atoms with Crippen molar-refractivity contribution >= 4 is 0 Å². The van der Waals surface area contributed by atoms with Crippen LogP contribution in [0.15, 0.2) is 0 Å². The molecule has 0 heterocycles. The van der Waals surface area contributed by atoms with E-state index >= 15 is 0 Å². The lowest BCUT2D eigenvalue weighted by molar-refractivity contribution is -0.139. The zero-order valence-electron chi connectivity index (χ0n) is 12.0. The van der Waals surface area contributed by atoms with Gasteiger partial charge in [0.1, 0.15) is 0 Å². The van der Waals surface area contributed by atoms with E-state index in [-0.39, 0.29) is 11.7 Å². The summed E-state index contributed by atoms with van der Waals surface area (Å²) < 4.78 is 17.2. The highest BCUT2D eigenvalue weighted by Gasteiger charge is 2.37. The molecule has 1 fully saturated rings. The summed E-state index contributed by atoms with van der Waals surface area (Å²) in [5.74, 6) is 0.547. The first-order valence-corrected chi connectivity index (χ1v) is 6.72. The van der Waals surface area contributed by atoms with Crippen LogP contribution in [0.5, 0.6) is 0 Å². The van der Waals surface area contributed by atoms with Gasteiger partial charge < -0.3 is 14.2 Å². The monoisotopic (exact) mass is 244 g/mol. The lowest BCUT2D eigenvalue weighted by atomic mass is 9.83. The first-order chi connectivity index (χ1) is 8.03. The molecular formula is C14H28O3. The van der Waals surface area contributed by atoms with Gasteiger partial charge in [0, 0.05) is 20.6 Å². The maximum absolute atomic E-state index is 5.95. The van der Waals surface area contributed by atoms with E-state index in [4.69, 9.17) is 14.2 Å². The van der Waals surface area contributed by atoms with Crippen molar-refractivity contribution in [1.29, 1.82) is 0 Å². The molecule has 102 valence electrons. The third-order valence-electron chi connectivity index (χ3n) is 4.07. The van der Waals surface area contributed by atoms with E-state index in [1.807, 2.05) is 0 Å². The molecule has 0 spiro atoms. The molecule has 0 saturated heterocycles. The van der Waals surface area contributed by atoms with Crippen molar-refractivity contribution in [2.75, 3.05) is 20.8 Å². The molecule has 0 radical (unpaired) electrons. The SMILES string of the molecule is COC1CCCC(COC(C)C(C)C)(OC)C1. The Labute approximate surface area is 106 Å². The Morgan fingerprint density at radius 3 is 2.47 bits per heavy atom. The molecule has 0 aromatic carbocycles. The largest absolute Gasteiger partial charge is 0.381 e. The summed E-state index contributed by atoms with van der Waals surface area (Å²) in [6, 6.07) is 0. The Morgan fingerprint density at radius 2 is 1.94 bits per heavy atom. The van der Waals surface area contributed by atoms with E-state index in [1.54, 1.807) is 14.2 Å². The van der Waals surface area contributed by atoms with Crippen molar-refractivity contribution in [1.82, 2.24) is 0 Å². The van der Waals surface area contributed by atoms with Crippen LogP contribution in [0, 0.1) is 5.92 Å². The van der Waals surface area contributed by atoms with Gasteiger partial charge in [-0.25, -0.2) is 0 Å². The van der Waals surface area contributed by atoms with Gasteiger partial charge >= 0.3 is 0 Å². The molecule has 3 heteroatoms. The zero-order chi connectivity index (χ0) is 12.9. The number of ether oxygens (including phenoxy) is 3. The van der Waals surface area contributed by atoms with Crippen LogP contribution in [0.4, 0.5) is 0 Å². The fourth-order valence-electron chi connectivity index (χ4n) is 2.32. The summed E-state index contributed by atoms with van der Waals surface area (Å²) in [5, 5.41) is 0. The van der Waals surface area contributed by atoms with E-state index in [0.29, 0.717) is 18.6 Å². The summed E-state index contributed by atoms with van der Waals surface area (Å²) in [7, 11) is 3.58. The van der Waals surface area contributed by atoms with E-state index < -0.39 is 0 Å². The van der Waals surface area contributed by atoms with Crippen molar-refractivity contribution < 1.29 is 14.2 Å². The third kappa shape index (κ3) is 4.23. The predicted molar refractivity (Wildman–Crippen MR) is 69.3 cm³/mol. The molecule has 0 aromatic heterocycles. The molecule has 0 N–H and O–H groups in total. The summed E-state index contributed by atoms with van der Waals surface area (Å²) in [4.78, 5) is 0. The van der Waals surface area contributed by atoms with Gasteiger partial charge in [0.15, 0.2) is 0 Å². The van der Waals surface area contributed by atoms with E-state index in [2.05, 4.69) is 20.8 Å². The molecule has 1 aliphatic carbocycles. The average molecular weight is 244 g/mol. The van der Waals surface area contributed by atoms with Crippen LogP contribution in [0.25, 0.3) is 0 Å². The van der Waals surface area contributed by atoms with Crippen molar-refractivity contribution in [2.45, 2.75) is 64.3 Å². The standard InChI is InChI=1S/C14H28O3/c1-11(2)12(3)17-10-14(16-5)8-6-7-13(9-14)15-4/h11-13H,6-10H2,1-5H3. The van der Waals surface area contributed by atoms with Crippen LogP contribution in [-0.4, -0.2) is 38.6 Å². The van der Waals surface area contributed by atoms with E-state index in [0.717, 1.165) is 25.7 Å². The molecule has 1 saturated carbocycles. The van der Waals surface area contributed by atoms with Gasteiger partial charge in [0.25, 0.3) is 0 Å². The smallest absolute Gasteiger partial charge is 0.0935 e. The first-order valence-electron chi connectivity index (χ1n) is 6.72. The lowest BCUT2D eigenvalue weighted by Crippen LogP contribution is -2.45. The molecule has 3 unspecified atom stereocenters. The second-order valence-electron chi connectivity index (χ2n) is 5.60. The lowest BCUT2D eigenvalue weighted by Gasteiger charge is -2.40.